The van der Waals surface area contributed by atoms with E-state index in [2.05, 4.69) is 24.4 Å². The molecule has 100 valence electrons. The number of hydrogen-bond donors (Lipinski definition) is 1. The third kappa shape index (κ3) is 3.98. The maximum absolute atomic E-state index is 5.89. The van der Waals surface area contributed by atoms with Crippen LogP contribution in [0.1, 0.15) is 24.1 Å². The highest BCUT2D eigenvalue weighted by atomic mass is 35.5. The van der Waals surface area contributed by atoms with E-state index in [1.165, 1.54) is 11.1 Å². The Kier molecular flexibility index (Phi) is 4.83. The van der Waals surface area contributed by atoms with Crippen molar-refractivity contribution in [1.82, 2.24) is 5.32 Å². The van der Waals surface area contributed by atoms with Crippen LogP contribution >= 0.6 is 11.6 Å². The molecular formula is C16H18ClNO. The summed E-state index contributed by atoms with van der Waals surface area (Å²) in [5.74, 6) is 0.884. The van der Waals surface area contributed by atoms with Crippen molar-refractivity contribution in [3.8, 4) is 5.75 Å². The molecule has 0 aliphatic rings. The summed E-state index contributed by atoms with van der Waals surface area (Å²) in [6.45, 7) is 2.97. The maximum atomic E-state index is 5.89. The van der Waals surface area contributed by atoms with Crippen LogP contribution in [-0.4, -0.2) is 7.11 Å². The normalized spacial score (nSPS) is 12.2. The van der Waals surface area contributed by atoms with Crippen LogP contribution in [0.25, 0.3) is 0 Å². The Bertz CT molecular complexity index is 507. The second kappa shape index (κ2) is 6.60. The first-order valence-corrected chi connectivity index (χ1v) is 6.68. The highest BCUT2D eigenvalue weighted by Crippen LogP contribution is 2.17. The minimum absolute atomic E-state index is 0.291. The first-order valence-electron chi connectivity index (χ1n) is 6.31. The lowest BCUT2D eigenvalue weighted by atomic mass is 10.1. The topological polar surface area (TPSA) is 21.3 Å². The van der Waals surface area contributed by atoms with Crippen LogP contribution < -0.4 is 10.1 Å². The highest BCUT2D eigenvalue weighted by molar-refractivity contribution is 6.30. The quantitative estimate of drug-likeness (QED) is 0.883. The molecular weight excluding hydrogens is 258 g/mol. The predicted octanol–water partition coefficient (Wildman–Crippen LogP) is 4.20. The third-order valence-corrected chi connectivity index (χ3v) is 3.39. The maximum Gasteiger partial charge on any atom is 0.118 e. The van der Waals surface area contributed by atoms with Gasteiger partial charge in [0, 0.05) is 17.6 Å². The van der Waals surface area contributed by atoms with Gasteiger partial charge in [-0.15, -0.1) is 0 Å². The molecule has 2 nitrogen and oxygen atoms in total. The second-order valence-corrected chi connectivity index (χ2v) is 4.94. The van der Waals surface area contributed by atoms with E-state index in [1.54, 1.807) is 7.11 Å². The number of benzene rings is 2. The van der Waals surface area contributed by atoms with Gasteiger partial charge in [-0.2, -0.15) is 0 Å². The molecule has 0 spiro atoms. The monoisotopic (exact) mass is 275 g/mol. The molecule has 0 heterocycles. The Morgan fingerprint density at radius 1 is 1.05 bits per heavy atom. The van der Waals surface area contributed by atoms with Gasteiger partial charge in [-0.25, -0.2) is 0 Å². The molecule has 0 unspecified atom stereocenters. The first kappa shape index (κ1) is 13.9. The molecule has 0 aromatic heterocycles. The summed E-state index contributed by atoms with van der Waals surface area (Å²) in [5, 5.41) is 4.26. The fraction of sp³-hybridized carbons (Fsp3) is 0.250. The molecule has 19 heavy (non-hydrogen) atoms. The van der Waals surface area contributed by atoms with Crippen LogP contribution in [-0.2, 0) is 6.54 Å². The number of nitrogens with one attached hydrogen (secondary N) is 1. The lowest BCUT2D eigenvalue weighted by molar-refractivity contribution is 0.414. The first-order chi connectivity index (χ1) is 9.19. The average molecular weight is 276 g/mol. The number of ether oxygens (including phenoxy) is 1. The molecule has 1 N–H and O–H groups in total. The number of halogens is 1. The standard InChI is InChI=1S/C16H18ClNO/c1-12(14-5-7-15(17)8-6-14)18-11-13-3-9-16(19-2)10-4-13/h3-10,12,18H,11H2,1-2H3/t12-/m0/s1. The van der Waals surface area contributed by atoms with Crippen molar-refractivity contribution in [3.05, 3.63) is 64.7 Å². The van der Waals surface area contributed by atoms with Crippen LogP contribution in [0.5, 0.6) is 5.75 Å². The highest BCUT2D eigenvalue weighted by Gasteiger charge is 2.04. The number of hydrogen-bond acceptors (Lipinski definition) is 2. The van der Waals surface area contributed by atoms with Crippen molar-refractivity contribution in [3.63, 3.8) is 0 Å². The molecule has 1 atom stereocenters. The third-order valence-electron chi connectivity index (χ3n) is 3.14. The summed E-state index contributed by atoms with van der Waals surface area (Å²) in [7, 11) is 1.68. The SMILES string of the molecule is COc1ccc(CN[C@@H](C)c2ccc(Cl)cc2)cc1. The van der Waals surface area contributed by atoms with E-state index in [0.717, 1.165) is 17.3 Å². The smallest absolute Gasteiger partial charge is 0.118 e. The van der Waals surface area contributed by atoms with E-state index in [9.17, 15) is 0 Å². The molecule has 2 rings (SSSR count). The fourth-order valence-corrected chi connectivity index (χ4v) is 2.01. The van der Waals surface area contributed by atoms with Gasteiger partial charge in [0.15, 0.2) is 0 Å². The van der Waals surface area contributed by atoms with Crippen molar-refractivity contribution in [1.29, 1.82) is 0 Å². The van der Waals surface area contributed by atoms with E-state index in [1.807, 2.05) is 36.4 Å². The van der Waals surface area contributed by atoms with E-state index >= 15 is 0 Å². The minimum Gasteiger partial charge on any atom is -0.497 e. The van der Waals surface area contributed by atoms with Crippen molar-refractivity contribution in [2.75, 3.05) is 7.11 Å². The summed E-state index contributed by atoms with van der Waals surface area (Å²) in [4.78, 5) is 0. The van der Waals surface area contributed by atoms with Crippen molar-refractivity contribution in [2.45, 2.75) is 19.5 Å². The Balaban J connectivity index is 1.92. The van der Waals surface area contributed by atoms with E-state index in [0.29, 0.717) is 6.04 Å². The van der Waals surface area contributed by atoms with Crippen LogP contribution in [0.15, 0.2) is 48.5 Å². The summed E-state index contributed by atoms with van der Waals surface area (Å²) in [6, 6.07) is 16.3. The van der Waals surface area contributed by atoms with Crippen LogP contribution in [0.3, 0.4) is 0 Å². The van der Waals surface area contributed by atoms with Gasteiger partial charge >= 0.3 is 0 Å². The molecule has 0 aliphatic heterocycles. The summed E-state index contributed by atoms with van der Waals surface area (Å²) in [5.41, 5.74) is 2.47. The molecule has 0 saturated carbocycles. The molecule has 0 aliphatic carbocycles. The summed E-state index contributed by atoms with van der Waals surface area (Å²) in [6.07, 6.45) is 0. The second-order valence-electron chi connectivity index (χ2n) is 4.50. The molecule has 2 aromatic rings. The lowest BCUT2D eigenvalue weighted by Crippen LogP contribution is -2.17. The van der Waals surface area contributed by atoms with Gasteiger partial charge in [0.25, 0.3) is 0 Å². The minimum atomic E-state index is 0.291. The van der Waals surface area contributed by atoms with Crippen LogP contribution in [0, 0.1) is 0 Å². The average Bonchev–Trinajstić information content (AvgIpc) is 2.46. The molecule has 3 heteroatoms. The van der Waals surface area contributed by atoms with Crippen LogP contribution in [0.4, 0.5) is 0 Å². The lowest BCUT2D eigenvalue weighted by Gasteiger charge is -2.14. The fourth-order valence-electron chi connectivity index (χ4n) is 1.88. The Hall–Kier alpha value is -1.51. The van der Waals surface area contributed by atoms with E-state index in [-0.39, 0.29) is 0 Å². The molecule has 0 saturated heterocycles. The van der Waals surface area contributed by atoms with Crippen molar-refractivity contribution < 1.29 is 4.74 Å². The zero-order chi connectivity index (χ0) is 13.7. The van der Waals surface area contributed by atoms with Gasteiger partial charge in [-0.3, -0.25) is 0 Å². The van der Waals surface area contributed by atoms with Gasteiger partial charge in [-0.1, -0.05) is 35.9 Å². The summed E-state index contributed by atoms with van der Waals surface area (Å²) < 4.78 is 5.14. The van der Waals surface area contributed by atoms with Crippen molar-refractivity contribution >= 4 is 11.6 Å². The Morgan fingerprint density at radius 3 is 2.26 bits per heavy atom. The van der Waals surface area contributed by atoms with Gasteiger partial charge in [0.1, 0.15) is 5.75 Å². The predicted molar refractivity (Wildman–Crippen MR) is 79.7 cm³/mol. The van der Waals surface area contributed by atoms with Gasteiger partial charge in [0.2, 0.25) is 0 Å². The van der Waals surface area contributed by atoms with Crippen LogP contribution in [0.2, 0.25) is 5.02 Å². The Labute approximate surface area is 119 Å². The van der Waals surface area contributed by atoms with Crippen molar-refractivity contribution in [2.24, 2.45) is 0 Å². The molecule has 0 bridgehead atoms. The Morgan fingerprint density at radius 2 is 1.68 bits per heavy atom. The van der Waals surface area contributed by atoms with Gasteiger partial charge < -0.3 is 10.1 Å². The number of rotatable bonds is 5. The van der Waals surface area contributed by atoms with E-state index < -0.39 is 0 Å². The molecule has 0 radical (unpaired) electrons. The molecule has 0 fully saturated rings. The van der Waals surface area contributed by atoms with E-state index in [4.69, 9.17) is 16.3 Å². The zero-order valence-corrected chi connectivity index (χ0v) is 11.9. The largest absolute Gasteiger partial charge is 0.497 e. The van der Waals surface area contributed by atoms with Gasteiger partial charge in [-0.05, 0) is 42.3 Å². The van der Waals surface area contributed by atoms with Gasteiger partial charge in [0.05, 0.1) is 7.11 Å². The zero-order valence-electron chi connectivity index (χ0n) is 11.2. The number of methoxy groups -OCH3 is 1. The summed E-state index contributed by atoms with van der Waals surface area (Å²) >= 11 is 5.89. The molecule has 0 amide bonds. The molecule has 2 aromatic carbocycles.